The van der Waals surface area contributed by atoms with Gasteiger partial charge in [0.1, 0.15) is 17.1 Å². The topological polar surface area (TPSA) is 62.5 Å². The highest BCUT2D eigenvalue weighted by Crippen LogP contribution is 2.18. The number of hydrogen-bond acceptors (Lipinski definition) is 3. The lowest BCUT2D eigenvalue weighted by molar-refractivity contribution is 0.0695. The standard InChI is InChI=1S/C14H15NO3/c1-9-5-3-4-6-13(9)15-8-11-7-12(14(16)17)10(2)18-11/h3-7,15H,8H2,1-2H3,(H,16,17). The van der Waals surface area contributed by atoms with Crippen LogP contribution >= 0.6 is 0 Å². The predicted octanol–water partition coefficient (Wildman–Crippen LogP) is 3.21. The van der Waals surface area contributed by atoms with Crippen LogP contribution in [0.25, 0.3) is 0 Å². The number of aromatic carboxylic acids is 1. The molecule has 18 heavy (non-hydrogen) atoms. The number of carbonyl (C=O) groups is 1. The summed E-state index contributed by atoms with van der Waals surface area (Å²) in [5.41, 5.74) is 2.37. The van der Waals surface area contributed by atoms with Crippen molar-refractivity contribution >= 4 is 11.7 Å². The van der Waals surface area contributed by atoms with Crippen molar-refractivity contribution in [2.24, 2.45) is 0 Å². The highest BCUT2D eigenvalue weighted by Gasteiger charge is 2.13. The number of anilines is 1. The first-order chi connectivity index (χ1) is 8.58. The largest absolute Gasteiger partial charge is 0.478 e. The quantitative estimate of drug-likeness (QED) is 0.868. The Morgan fingerprint density at radius 1 is 1.33 bits per heavy atom. The van der Waals surface area contributed by atoms with Crippen LogP contribution in [0.15, 0.2) is 34.7 Å². The molecule has 0 aliphatic rings. The Morgan fingerprint density at radius 2 is 2.06 bits per heavy atom. The molecule has 0 aliphatic heterocycles. The van der Waals surface area contributed by atoms with Crippen molar-refractivity contribution < 1.29 is 14.3 Å². The first kappa shape index (κ1) is 12.2. The molecule has 0 unspecified atom stereocenters. The maximum Gasteiger partial charge on any atom is 0.339 e. The van der Waals surface area contributed by atoms with Gasteiger partial charge in [0.15, 0.2) is 0 Å². The fraction of sp³-hybridized carbons (Fsp3) is 0.214. The summed E-state index contributed by atoms with van der Waals surface area (Å²) in [6, 6.07) is 9.47. The van der Waals surface area contributed by atoms with Gasteiger partial charge in [-0.2, -0.15) is 0 Å². The minimum atomic E-state index is -0.960. The first-order valence-electron chi connectivity index (χ1n) is 5.70. The average Bonchev–Trinajstić information content (AvgIpc) is 2.70. The molecule has 0 bridgehead atoms. The maximum absolute atomic E-state index is 10.9. The number of carboxylic acid groups (broad SMARTS) is 1. The molecule has 2 N–H and O–H groups in total. The second kappa shape index (κ2) is 4.96. The number of benzene rings is 1. The van der Waals surface area contributed by atoms with Gasteiger partial charge in [-0.05, 0) is 31.5 Å². The number of para-hydroxylation sites is 1. The maximum atomic E-state index is 10.9. The molecule has 1 aromatic heterocycles. The Balaban J connectivity index is 2.09. The van der Waals surface area contributed by atoms with Crippen LogP contribution in [0.2, 0.25) is 0 Å². The molecule has 0 saturated carbocycles. The van der Waals surface area contributed by atoms with E-state index in [9.17, 15) is 4.79 Å². The van der Waals surface area contributed by atoms with Crippen LogP contribution in [-0.4, -0.2) is 11.1 Å². The van der Waals surface area contributed by atoms with Gasteiger partial charge < -0.3 is 14.8 Å². The third-order valence-electron chi connectivity index (χ3n) is 2.80. The van der Waals surface area contributed by atoms with Gasteiger partial charge in [0.2, 0.25) is 0 Å². The molecule has 0 spiro atoms. The number of furan rings is 1. The van der Waals surface area contributed by atoms with Crippen molar-refractivity contribution in [3.63, 3.8) is 0 Å². The number of aryl methyl sites for hydroxylation is 2. The monoisotopic (exact) mass is 245 g/mol. The van der Waals surface area contributed by atoms with Crippen LogP contribution in [0.3, 0.4) is 0 Å². The molecule has 1 heterocycles. The number of rotatable bonds is 4. The zero-order valence-corrected chi connectivity index (χ0v) is 10.4. The van der Waals surface area contributed by atoms with Crippen molar-refractivity contribution in [2.45, 2.75) is 20.4 Å². The normalized spacial score (nSPS) is 10.3. The molecule has 1 aromatic carbocycles. The molecule has 94 valence electrons. The minimum absolute atomic E-state index is 0.219. The van der Waals surface area contributed by atoms with E-state index in [1.807, 2.05) is 31.2 Å². The van der Waals surface area contributed by atoms with Crippen LogP contribution in [-0.2, 0) is 6.54 Å². The predicted molar refractivity (Wildman–Crippen MR) is 68.9 cm³/mol. The zero-order valence-electron chi connectivity index (χ0n) is 10.4. The van der Waals surface area contributed by atoms with Gasteiger partial charge in [0, 0.05) is 5.69 Å². The molecule has 0 amide bonds. The summed E-state index contributed by atoms with van der Waals surface area (Å²) in [6.07, 6.45) is 0. The highest BCUT2D eigenvalue weighted by molar-refractivity contribution is 5.88. The van der Waals surface area contributed by atoms with E-state index in [1.165, 1.54) is 0 Å². The summed E-state index contributed by atoms with van der Waals surface area (Å²) in [7, 11) is 0. The SMILES string of the molecule is Cc1ccccc1NCc1cc(C(=O)O)c(C)o1. The molecule has 4 heteroatoms. The van der Waals surface area contributed by atoms with E-state index >= 15 is 0 Å². The lowest BCUT2D eigenvalue weighted by Gasteiger charge is -2.07. The summed E-state index contributed by atoms with van der Waals surface area (Å²) in [4.78, 5) is 10.9. The fourth-order valence-electron chi connectivity index (χ4n) is 1.80. The summed E-state index contributed by atoms with van der Waals surface area (Å²) >= 11 is 0. The van der Waals surface area contributed by atoms with Crippen LogP contribution in [0.5, 0.6) is 0 Å². The van der Waals surface area contributed by atoms with E-state index in [0.29, 0.717) is 18.1 Å². The Labute approximate surface area is 105 Å². The van der Waals surface area contributed by atoms with E-state index in [2.05, 4.69) is 5.32 Å². The Bertz CT molecular complexity index is 572. The molecule has 0 radical (unpaired) electrons. The zero-order chi connectivity index (χ0) is 13.1. The molecule has 0 atom stereocenters. The molecule has 0 aliphatic carbocycles. The van der Waals surface area contributed by atoms with Crippen molar-refractivity contribution in [1.82, 2.24) is 0 Å². The minimum Gasteiger partial charge on any atom is -0.478 e. The van der Waals surface area contributed by atoms with Gasteiger partial charge in [-0.1, -0.05) is 18.2 Å². The Morgan fingerprint density at radius 3 is 2.67 bits per heavy atom. The molecule has 2 aromatic rings. The molecular weight excluding hydrogens is 230 g/mol. The third-order valence-corrected chi connectivity index (χ3v) is 2.80. The summed E-state index contributed by atoms with van der Waals surface area (Å²) in [5.74, 6) is 0.0932. The van der Waals surface area contributed by atoms with Crippen LogP contribution in [0.4, 0.5) is 5.69 Å². The summed E-state index contributed by atoms with van der Waals surface area (Å²) in [6.45, 7) is 4.14. The van der Waals surface area contributed by atoms with E-state index < -0.39 is 5.97 Å². The summed E-state index contributed by atoms with van der Waals surface area (Å²) < 4.78 is 5.39. The average molecular weight is 245 g/mol. The van der Waals surface area contributed by atoms with Gasteiger partial charge >= 0.3 is 5.97 Å². The smallest absolute Gasteiger partial charge is 0.339 e. The number of nitrogens with one attached hydrogen (secondary N) is 1. The van der Waals surface area contributed by atoms with Crippen molar-refractivity contribution in [1.29, 1.82) is 0 Å². The van der Waals surface area contributed by atoms with Crippen molar-refractivity contribution in [2.75, 3.05) is 5.32 Å². The van der Waals surface area contributed by atoms with Crippen molar-refractivity contribution in [3.05, 3.63) is 53.0 Å². The Hall–Kier alpha value is -2.23. The van der Waals surface area contributed by atoms with E-state index in [1.54, 1.807) is 13.0 Å². The van der Waals surface area contributed by atoms with E-state index in [0.717, 1.165) is 11.3 Å². The second-order valence-electron chi connectivity index (χ2n) is 4.16. The van der Waals surface area contributed by atoms with Gasteiger partial charge in [-0.25, -0.2) is 4.79 Å². The lowest BCUT2D eigenvalue weighted by atomic mass is 10.2. The van der Waals surface area contributed by atoms with Crippen LogP contribution < -0.4 is 5.32 Å². The van der Waals surface area contributed by atoms with Gasteiger partial charge in [-0.3, -0.25) is 0 Å². The second-order valence-corrected chi connectivity index (χ2v) is 4.16. The molecule has 0 fully saturated rings. The summed E-state index contributed by atoms with van der Waals surface area (Å²) in [5, 5.41) is 12.1. The van der Waals surface area contributed by atoms with Gasteiger partial charge in [0.05, 0.1) is 6.54 Å². The Kier molecular flexibility index (Phi) is 3.37. The van der Waals surface area contributed by atoms with Crippen LogP contribution in [0.1, 0.15) is 27.4 Å². The first-order valence-corrected chi connectivity index (χ1v) is 5.70. The molecule has 2 rings (SSSR count). The van der Waals surface area contributed by atoms with E-state index in [4.69, 9.17) is 9.52 Å². The highest BCUT2D eigenvalue weighted by atomic mass is 16.4. The lowest BCUT2D eigenvalue weighted by Crippen LogP contribution is -2.00. The van der Waals surface area contributed by atoms with Crippen LogP contribution in [0, 0.1) is 13.8 Å². The molecular formula is C14H15NO3. The fourth-order valence-corrected chi connectivity index (χ4v) is 1.80. The van der Waals surface area contributed by atoms with Gasteiger partial charge in [-0.15, -0.1) is 0 Å². The molecule has 4 nitrogen and oxygen atoms in total. The number of hydrogen-bond donors (Lipinski definition) is 2. The van der Waals surface area contributed by atoms with E-state index in [-0.39, 0.29) is 5.56 Å². The van der Waals surface area contributed by atoms with Crippen molar-refractivity contribution in [3.8, 4) is 0 Å². The third kappa shape index (κ3) is 2.53. The molecule has 0 saturated heterocycles. The number of carboxylic acids is 1. The van der Waals surface area contributed by atoms with Gasteiger partial charge in [0.25, 0.3) is 0 Å².